The minimum atomic E-state index is -1.21. The fourth-order valence-corrected chi connectivity index (χ4v) is 7.54. The quantitative estimate of drug-likeness (QED) is 0.0697. The van der Waals surface area contributed by atoms with Gasteiger partial charge in [-0.05, 0) is 54.5 Å². The number of nitrogens with two attached hydrogens (primary N) is 1. The van der Waals surface area contributed by atoms with E-state index in [9.17, 15) is 33.9 Å². The van der Waals surface area contributed by atoms with Crippen molar-refractivity contribution in [2.24, 2.45) is 5.73 Å². The maximum atomic E-state index is 14.2. The number of carbonyl (C=O) groups is 6. The lowest BCUT2D eigenvalue weighted by Gasteiger charge is -2.29. The van der Waals surface area contributed by atoms with Crippen LogP contribution in [0.1, 0.15) is 42.0 Å². The molecule has 5 aromatic rings. The smallest absolute Gasteiger partial charge is 0.326 e. The number of carbonyl (C=O) groups excluding carboxylic acids is 5. The number of hydrogen-bond acceptors (Lipinski definition) is 7. The highest BCUT2D eigenvalue weighted by Gasteiger charge is 2.38. The molecule has 0 spiro atoms. The number of aliphatic carboxylic acids is 1. The van der Waals surface area contributed by atoms with Gasteiger partial charge in [0.15, 0.2) is 0 Å². The zero-order chi connectivity index (χ0) is 42.6. The number of carboxylic acid groups (broad SMARTS) is 1. The van der Waals surface area contributed by atoms with E-state index in [-0.39, 0.29) is 32.2 Å². The summed E-state index contributed by atoms with van der Waals surface area (Å²) < 4.78 is 0. The van der Waals surface area contributed by atoms with E-state index < -0.39 is 71.8 Å². The van der Waals surface area contributed by atoms with Gasteiger partial charge in [-0.2, -0.15) is 0 Å². The first-order valence-corrected chi connectivity index (χ1v) is 20.1. The van der Waals surface area contributed by atoms with Gasteiger partial charge in [0.05, 0.1) is 6.04 Å². The summed E-state index contributed by atoms with van der Waals surface area (Å²) in [5.41, 5.74) is 10.4. The Morgan fingerprint density at radius 1 is 0.667 bits per heavy atom. The SMILES string of the molecule is C[C@H](NC(=O)[C@H](Cc1ccccc1)NC(=O)[C@H](Cc1ccccc1)NC(=O)[C@@H](N)Cc1c[nH]c2ccccc12)C(=O)N1CCC[C@H]1C(=O)N[C@@H](Cc1ccccc1)C(=O)O. The number of amides is 5. The number of nitrogens with one attached hydrogen (secondary N) is 5. The summed E-state index contributed by atoms with van der Waals surface area (Å²) in [6.07, 6.45) is 3.10. The lowest BCUT2D eigenvalue weighted by molar-refractivity contribution is -0.144. The number of aromatic nitrogens is 1. The number of aromatic amines is 1. The Morgan fingerprint density at radius 3 is 1.73 bits per heavy atom. The monoisotopic (exact) mass is 813 g/mol. The Hall–Kier alpha value is -6.80. The van der Waals surface area contributed by atoms with Gasteiger partial charge in [-0.1, -0.05) is 109 Å². The summed E-state index contributed by atoms with van der Waals surface area (Å²) in [4.78, 5) is 85.8. The van der Waals surface area contributed by atoms with Crippen molar-refractivity contribution in [1.29, 1.82) is 0 Å². The van der Waals surface area contributed by atoms with Crippen LogP contribution >= 0.6 is 0 Å². The van der Waals surface area contributed by atoms with Crippen molar-refractivity contribution in [3.63, 3.8) is 0 Å². The van der Waals surface area contributed by atoms with Crippen LogP contribution in [0.25, 0.3) is 10.9 Å². The van der Waals surface area contributed by atoms with Crippen LogP contribution in [-0.4, -0.2) is 93.3 Å². The lowest BCUT2D eigenvalue weighted by Crippen LogP contribution is -2.59. The van der Waals surface area contributed by atoms with E-state index in [1.807, 2.05) is 85.1 Å². The highest BCUT2D eigenvalue weighted by Crippen LogP contribution is 2.21. The number of likely N-dealkylation sites (tertiary alicyclic amines) is 1. The molecule has 1 aromatic heterocycles. The molecule has 0 bridgehead atoms. The van der Waals surface area contributed by atoms with Crippen LogP contribution in [0.2, 0.25) is 0 Å². The van der Waals surface area contributed by atoms with Gasteiger partial charge >= 0.3 is 5.97 Å². The average molecular weight is 814 g/mol. The van der Waals surface area contributed by atoms with Crippen molar-refractivity contribution in [3.05, 3.63) is 144 Å². The molecule has 5 amide bonds. The molecule has 312 valence electrons. The van der Waals surface area contributed by atoms with E-state index in [0.717, 1.165) is 33.2 Å². The van der Waals surface area contributed by atoms with Crippen molar-refractivity contribution in [3.8, 4) is 0 Å². The topological polar surface area (TPSA) is 216 Å². The molecule has 4 aromatic carbocycles. The third-order valence-electron chi connectivity index (χ3n) is 10.7. The van der Waals surface area contributed by atoms with Gasteiger partial charge in [-0.15, -0.1) is 0 Å². The van der Waals surface area contributed by atoms with Crippen LogP contribution in [0.5, 0.6) is 0 Å². The van der Waals surface area contributed by atoms with Crippen molar-refractivity contribution >= 4 is 46.4 Å². The molecule has 14 heteroatoms. The molecule has 0 unspecified atom stereocenters. The first-order chi connectivity index (χ1) is 29.0. The number of fused-ring (bicyclic) bond motifs is 1. The van der Waals surface area contributed by atoms with Crippen LogP contribution in [-0.2, 0) is 54.5 Å². The Labute approximate surface area is 348 Å². The van der Waals surface area contributed by atoms with Crippen molar-refractivity contribution in [1.82, 2.24) is 31.2 Å². The number of benzene rings is 4. The molecular weight excluding hydrogens is 763 g/mol. The number of para-hydroxylation sites is 1. The third-order valence-corrected chi connectivity index (χ3v) is 10.7. The lowest BCUT2D eigenvalue weighted by atomic mass is 10.0. The molecule has 0 aliphatic carbocycles. The Morgan fingerprint density at radius 2 is 1.17 bits per heavy atom. The van der Waals surface area contributed by atoms with Gasteiger partial charge in [-0.3, -0.25) is 24.0 Å². The average Bonchev–Trinajstić information content (AvgIpc) is 3.91. The first kappa shape index (κ1) is 42.8. The van der Waals surface area contributed by atoms with Crippen molar-refractivity contribution < 1.29 is 33.9 Å². The molecule has 0 radical (unpaired) electrons. The van der Waals surface area contributed by atoms with Gasteiger partial charge in [0.25, 0.3) is 0 Å². The highest BCUT2D eigenvalue weighted by molar-refractivity contribution is 5.97. The molecule has 1 aliphatic rings. The summed E-state index contributed by atoms with van der Waals surface area (Å²) in [5.74, 6) is -4.14. The second-order valence-electron chi connectivity index (χ2n) is 15.2. The molecular formula is C46H51N7O7. The second-order valence-corrected chi connectivity index (χ2v) is 15.2. The molecule has 6 rings (SSSR count). The maximum absolute atomic E-state index is 14.2. The normalized spacial score (nSPS) is 16.2. The van der Waals surface area contributed by atoms with Crippen LogP contribution < -0.4 is 27.0 Å². The molecule has 2 heterocycles. The summed E-state index contributed by atoms with van der Waals surface area (Å²) in [6.45, 7) is 1.74. The molecule has 1 aliphatic heterocycles. The Kier molecular flexibility index (Phi) is 14.4. The summed E-state index contributed by atoms with van der Waals surface area (Å²) in [5, 5.41) is 21.8. The molecule has 6 atom stereocenters. The van der Waals surface area contributed by atoms with E-state index in [4.69, 9.17) is 5.73 Å². The van der Waals surface area contributed by atoms with E-state index in [1.165, 1.54) is 11.8 Å². The number of nitrogens with zero attached hydrogens (tertiary/aromatic N) is 1. The molecule has 8 N–H and O–H groups in total. The van der Waals surface area contributed by atoms with E-state index in [0.29, 0.717) is 12.8 Å². The van der Waals surface area contributed by atoms with Crippen molar-refractivity contribution in [2.75, 3.05) is 6.54 Å². The third kappa shape index (κ3) is 11.2. The van der Waals surface area contributed by atoms with Crippen LogP contribution in [0, 0.1) is 0 Å². The van der Waals surface area contributed by atoms with Gasteiger partial charge in [-0.25, -0.2) is 4.79 Å². The minimum Gasteiger partial charge on any atom is -0.480 e. The first-order valence-electron chi connectivity index (χ1n) is 20.1. The predicted octanol–water partition coefficient (Wildman–Crippen LogP) is 2.80. The molecule has 60 heavy (non-hydrogen) atoms. The zero-order valence-electron chi connectivity index (χ0n) is 33.4. The number of carboxylic acids is 1. The standard InChI is InChI=1S/C46H51N7O7/c1-29(45(58)53-23-13-22-40(53)44(57)52-39(46(59)60)26-32-18-9-4-10-19-32)49-42(55)37(24-30-14-5-2-6-15-30)51-43(56)38(25-31-16-7-3-8-17-31)50-41(54)35(47)27-33-28-48-36-21-12-11-20-34(33)36/h2-12,14-21,28-29,35,37-40,48H,13,22-27,47H2,1H3,(H,49,55)(H,50,54)(H,51,56)(H,52,57)(H,59,60)/t29-,35-,37-,38-,39-,40-/m0/s1. The number of H-pyrrole nitrogens is 1. The van der Waals surface area contributed by atoms with Gasteiger partial charge in [0, 0.05) is 42.9 Å². The Bertz CT molecular complexity index is 2270. The Balaban J connectivity index is 1.14. The van der Waals surface area contributed by atoms with Gasteiger partial charge < -0.3 is 42.0 Å². The summed E-state index contributed by atoms with van der Waals surface area (Å²) in [7, 11) is 0. The summed E-state index contributed by atoms with van der Waals surface area (Å²) >= 11 is 0. The molecule has 14 nitrogen and oxygen atoms in total. The van der Waals surface area contributed by atoms with E-state index >= 15 is 0 Å². The predicted molar refractivity (Wildman–Crippen MR) is 226 cm³/mol. The maximum Gasteiger partial charge on any atom is 0.326 e. The fourth-order valence-electron chi connectivity index (χ4n) is 7.54. The zero-order valence-corrected chi connectivity index (χ0v) is 33.4. The van der Waals surface area contributed by atoms with E-state index in [1.54, 1.807) is 36.4 Å². The largest absolute Gasteiger partial charge is 0.480 e. The van der Waals surface area contributed by atoms with E-state index in [2.05, 4.69) is 26.3 Å². The fraction of sp³-hybridized carbons (Fsp3) is 0.304. The number of rotatable bonds is 18. The molecule has 0 saturated carbocycles. The molecule has 1 fully saturated rings. The second kappa shape index (κ2) is 20.3. The summed E-state index contributed by atoms with van der Waals surface area (Å²) in [6, 6.07) is 28.3. The highest BCUT2D eigenvalue weighted by atomic mass is 16.4. The van der Waals surface area contributed by atoms with Crippen LogP contribution in [0.3, 0.4) is 0 Å². The molecule has 1 saturated heterocycles. The van der Waals surface area contributed by atoms with Crippen LogP contribution in [0.4, 0.5) is 0 Å². The van der Waals surface area contributed by atoms with Gasteiger partial charge in [0.1, 0.15) is 30.2 Å². The van der Waals surface area contributed by atoms with Crippen molar-refractivity contribution in [2.45, 2.75) is 81.7 Å². The minimum absolute atomic E-state index is 0.0667. The van der Waals surface area contributed by atoms with Crippen LogP contribution in [0.15, 0.2) is 121 Å². The van der Waals surface area contributed by atoms with Gasteiger partial charge in [0.2, 0.25) is 29.5 Å². The number of hydrogen-bond donors (Lipinski definition) is 7.